The molecule has 1 fully saturated rings. The van der Waals surface area contributed by atoms with Crippen LogP contribution < -0.4 is 0 Å². The molecule has 1 heterocycles. The molecule has 1 saturated heterocycles. The minimum absolute atomic E-state index is 0.00583. The van der Waals surface area contributed by atoms with Crippen LogP contribution in [0, 0.1) is 11.6 Å². The number of hydrogen-bond acceptors (Lipinski definition) is 2. The zero-order chi connectivity index (χ0) is 10.3. The molecule has 76 valence electrons. The van der Waals surface area contributed by atoms with Gasteiger partial charge >= 0.3 is 0 Å². The maximum absolute atomic E-state index is 13.2. The lowest BCUT2D eigenvalue weighted by Gasteiger charge is -2.36. The third-order valence-electron chi connectivity index (χ3n) is 2.19. The molecule has 0 bridgehead atoms. The van der Waals surface area contributed by atoms with Crippen LogP contribution in [0.5, 0.6) is 0 Å². The van der Waals surface area contributed by atoms with Crippen LogP contribution in [0.15, 0.2) is 12.1 Å². The van der Waals surface area contributed by atoms with Gasteiger partial charge in [0.2, 0.25) is 0 Å². The van der Waals surface area contributed by atoms with Crippen LogP contribution in [0.3, 0.4) is 0 Å². The summed E-state index contributed by atoms with van der Waals surface area (Å²) in [6, 6.07) is 1.75. The Kier molecular flexibility index (Phi) is 2.21. The molecule has 0 aliphatic carbocycles. The molecule has 0 spiro atoms. The molecule has 0 saturated carbocycles. The van der Waals surface area contributed by atoms with Gasteiger partial charge in [0.1, 0.15) is 17.2 Å². The van der Waals surface area contributed by atoms with E-state index in [1.165, 1.54) is 0 Å². The van der Waals surface area contributed by atoms with Crippen molar-refractivity contribution < 1.29 is 18.6 Å². The number of hydrogen-bond donors (Lipinski definition) is 1. The van der Waals surface area contributed by atoms with Crippen LogP contribution in [0.25, 0.3) is 0 Å². The molecule has 2 nitrogen and oxygen atoms in total. The molecule has 1 aromatic rings. The standard InChI is InChI=1S/C9H7ClF2O2/c10-6-1-5(7(11)2-8(6)12)9(13)3-14-4-9/h1-2,13H,3-4H2. The van der Waals surface area contributed by atoms with E-state index in [0.717, 1.165) is 6.07 Å². The second-order valence-electron chi connectivity index (χ2n) is 3.27. The SMILES string of the molecule is OC1(c2cc(Cl)c(F)cc2F)COC1. The monoisotopic (exact) mass is 220 g/mol. The highest BCUT2D eigenvalue weighted by Gasteiger charge is 2.40. The van der Waals surface area contributed by atoms with Gasteiger partial charge in [-0.25, -0.2) is 8.78 Å². The molecule has 1 aliphatic heterocycles. The van der Waals surface area contributed by atoms with Crippen molar-refractivity contribution in [2.75, 3.05) is 13.2 Å². The minimum atomic E-state index is -1.36. The highest BCUT2D eigenvalue weighted by Crippen LogP contribution is 2.33. The van der Waals surface area contributed by atoms with Crippen molar-refractivity contribution in [1.82, 2.24) is 0 Å². The summed E-state index contributed by atoms with van der Waals surface area (Å²) in [4.78, 5) is 0. The zero-order valence-corrected chi connectivity index (χ0v) is 7.81. The molecular formula is C9H7ClF2O2. The molecule has 0 amide bonds. The van der Waals surface area contributed by atoms with Crippen molar-refractivity contribution in [1.29, 1.82) is 0 Å². The van der Waals surface area contributed by atoms with Gasteiger partial charge in [0.05, 0.1) is 18.2 Å². The summed E-state index contributed by atoms with van der Waals surface area (Å²) in [5, 5.41) is 9.52. The van der Waals surface area contributed by atoms with E-state index in [4.69, 9.17) is 16.3 Å². The molecule has 5 heteroatoms. The fourth-order valence-electron chi connectivity index (χ4n) is 1.33. The van der Waals surface area contributed by atoms with Crippen LogP contribution in [-0.4, -0.2) is 18.3 Å². The Balaban J connectivity index is 2.48. The van der Waals surface area contributed by atoms with Crippen molar-refractivity contribution in [3.05, 3.63) is 34.4 Å². The average Bonchev–Trinajstić information content (AvgIpc) is 2.07. The molecule has 2 rings (SSSR count). The molecule has 1 aliphatic rings. The normalized spacial score (nSPS) is 19.1. The summed E-state index contributed by atoms with van der Waals surface area (Å²) >= 11 is 5.48. The fourth-order valence-corrected chi connectivity index (χ4v) is 1.49. The van der Waals surface area contributed by atoms with Crippen LogP contribution >= 0.6 is 11.6 Å². The van der Waals surface area contributed by atoms with Gasteiger partial charge in [-0.15, -0.1) is 0 Å². The van der Waals surface area contributed by atoms with Crippen molar-refractivity contribution >= 4 is 11.6 Å². The first-order valence-corrected chi connectivity index (χ1v) is 4.36. The van der Waals surface area contributed by atoms with E-state index in [1.54, 1.807) is 0 Å². The van der Waals surface area contributed by atoms with Gasteiger partial charge in [-0.1, -0.05) is 11.6 Å². The first-order valence-electron chi connectivity index (χ1n) is 3.98. The van der Waals surface area contributed by atoms with Crippen LogP contribution in [0.2, 0.25) is 5.02 Å². The molecule has 0 atom stereocenters. The van der Waals surface area contributed by atoms with E-state index in [-0.39, 0.29) is 23.8 Å². The zero-order valence-electron chi connectivity index (χ0n) is 7.06. The topological polar surface area (TPSA) is 29.5 Å². The van der Waals surface area contributed by atoms with Gasteiger partial charge < -0.3 is 9.84 Å². The summed E-state index contributed by atoms with van der Waals surface area (Å²) in [7, 11) is 0. The average molecular weight is 221 g/mol. The van der Waals surface area contributed by atoms with E-state index in [0.29, 0.717) is 6.07 Å². The minimum Gasteiger partial charge on any atom is -0.380 e. The number of aliphatic hydroxyl groups is 1. The van der Waals surface area contributed by atoms with Crippen LogP contribution in [0.4, 0.5) is 8.78 Å². The van der Waals surface area contributed by atoms with Crippen molar-refractivity contribution in [3.63, 3.8) is 0 Å². The fraction of sp³-hybridized carbons (Fsp3) is 0.333. The Morgan fingerprint density at radius 3 is 2.43 bits per heavy atom. The van der Waals surface area contributed by atoms with Gasteiger partial charge in [0, 0.05) is 11.6 Å². The van der Waals surface area contributed by atoms with Gasteiger partial charge in [-0.05, 0) is 6.07 Å². The Morgan fingerprint density at radius 2 is 1.93 bits per heavy atom. The summed E-state index contributed by atoms with van der Waals surface area (Å²) in [6.07, 6.45) is 0. The molecule has 0 radical (unpaired) electrons. The number of halogens is 3. The molecule has 14 heavy (non-hydrogen) atoms. The van der Waals surface area contributed by atoms with Gasteiger partial charge in [-0.2, -0.15) is 0 Å². The van der Waals surface area contributed by atoms with E-state index in [1.807, 2.05) is 0 Å². The van der Waals surface area contributed by atoms with Crippen LogP contribution in [0.1, 0.15) is 5.56 Å². The van der Waals surface area contributed by atoms with Gasteiger partial charge in [-0.3, -0.25) is 0 Å². The number of rotatable bonds is 1. The molecule has 1 aromatic carbocycles. The predicted octanol–water partition coefficient (Wildman–Crippen LogP) is 1.84. The quantitative estimate of drug-likeness (QED) is 0.732. The summed E-state index contributed by atoms with van der Waals surface area (Å²) < 4.78 is 30.8. The Morgan fingerprint density at radius 1 is 1.29 bits per heavy atom. The lowest BCUT2D eigenvalue weighted by atomic mass is 9.92. The maximum atomic E-state index is 13.2. The highest BCUT2D eigenvalue weighted by atomic mass is 35.5. The van der Waals surface area contributed by atoms with Gasteiger partial charge in [0.15, 0.2) is 0 Å². The summed E-state index contributed by atoms with van der Waals surface area (Å²) in [5.41, 5.74) is -1.38. The highest BCUT2D eigenvalue weighted by molar-refractivity contribution is 6.30. The largest absolute Gasteiger partial charge is 0.380 e. The Bertz CT molecular complexity index is 377. The first-order chi connectivity index (χ1) is 6.53. The Labute approximate surface area is 84.1 Å². The van der Waals surface area contributed by atoms with Crippen molar-refractivity contribution in [3.8, 4) is 0 Å². The maximum Gasteiger partial charge on any atom is 0.144 e. The smallest absolute Gasteiger partial charge is 0.144 e. The molecular weight excluding hydrogens is 214 g/mol. The lowest BCUT2D eigenvalue weighted by molar-refractivity contribution is -0.186. The van der Waals surface area contributed by atoms with E-state index >= 15 is 0 Å². The molecule has 0 aromatic heterocycles. The van der Waals surface area contributed by atoms with E-state index in [2.05, 4.69) is 0 Å². The first kappa shape index (κ1) is 9.83. The third-order valence-corrected chi connectivity index (χ3v) is 2.48. The lowest BCUT2D eigenvalue weighted by Crippen LogP contribution is -2.47. The van der Waals surface area contributed by atoms with E-state index < -0.39 is 17.2 Å². The summed E-state index contributed by atoms with van der Waals surface area (Å²) in [5.74, 6) is -1.64. The van der Waals surface area contributed by atoms with Crippen molar-refractivity contribution in [2.45, 2.75) is 5.60 Å². The second kappa shape index (κ2) is 3.15. The molecule has 0 unspecified atom stereocenters. The second-order valence-corrected chi connectivity index (χ2v) is 3.68. The van der Waals surface area contributed by atoms with Gasteiger partial charge in [0.25, 0.3) is 0 Å². The number of ether oxygens (including phenoxy) is 1. The van der Waals surface area contributed by atoms with Crippen molar-refractivity contribution in [2.24, 2.45) is 0 Å². The predicted molar refractivity (Wildman–Crippen MR) is 46.1 cm³/mol. The van der Waals surface area contributed by atoms with E-state index in [9.17, 15) is 13.9 Å². The Hall–Kier alpha value is -0.710. The summed E-state index contributed by atoms with van der Waals surface area (Å²) in [6.45, 7) is 0.0117. The molecule has 1 N–H and O–H groups in total. The number of benzene rings is 1. The third kappa shape index (κ3) is 1.39. The van der Waals surface area contributed by atoms with Crippen LogP contribution in [-0.2, 0) is 10.3 Å².